The zero-order valence-electron chi connectivity index (χ0n) is 13.6. The Hall–Kier alpha value is -2.13. The lowest BCUT2D eigenvalue weighted by atomic mass is 10.4. The van der Waals surface area contributed by atoms with E-state index in [1.165, 1.54) is 22.8 Å². The van der Waals surface area contributed by atoms with Crippen LogP contribution in [0.5, 0.6) is 0 Å². The Morgan fingerprint density at radius 1 is 1.35 bits per heavy atom. The summed E-state index contributed by atoms with van der Waals surface area (Å²) in [4.78, 5) is 42.4. The van der Waals surface area contributed by atoms with Crippen LogP contribution < -0.4 is 16.6 Å². The highest BCUT2D eigenvalue weighted by Gasteiger charge is 2.18. The molecule has 0 aliphatic heterocycles. The molecule has 2 heterocycles. The number of hydrogen-bond donors (Lipinski definition) is 1. The second kappa shape index (κ2) is 7.42. The molecule has 23 heavy (non-hydrogen) atoms. The van der Waals surface area contributed by atoms with Crippen molar-refractivity contribution >= 4 is 29.5 Å². The molecule has 2 aromatic rings. The van der Waals surface area contributed by atoms with Gasteiger partial charge in [0.25, 0.3) is 5.56 Å². The lowest BCUT2D eigenvalue weighted by Crippen LogP contribution is -2.44. The van der Waals surface area contributed by atoms with E-state index in [0.29, 0.717) is 24.3 Å². The van der Waals surface area contributed by atoms with E-state index in [1.807, 2.05) is 0 Å². The lowest BCUT2D eigenvalue weighted by molar-refractivity contribution is -0.130. The number of amides is 1. The molecule has 0 unspecified atom stereocenters. The molecule has 2 rings (SSSR count). The van der Waals surface area contributed by atoms with Crippen LogP contribution in [0.4, 0.5) is 0 Å². The first kappa shape index (κ1) is 18.9. The van der Waals surface area contributed by atoms with Crippen molar-refractivity contribution in [2.45, 2.75) is 6.54 Å². The molecule has 0 aliphatic carbocycles. The molecule has 0 saturated heterocycles. The Labute approximate surface area is 138 Å². The number of nitrogens with one attached hydrogen (secondary N) is 1. The Morgan fingerprint density at radius 2 is 2.00 bits per heavy atom. The monoisotopic (exact) mass is 344 g/mol. The second-order valence-corrected chi connectivity index (χ2v) is 5.18. The first-order chi connectivity index (χ1) is 10.4. The normalized spacial score (nSPS) is 10.6. The average molecular weight is 345 g/mol. The average Bonchev–Trinajstić information content (AvgIpc) is 2.88. The molecule has 0 aliphatic rings. The predicted molar refractivity (Wildman–Crippen MR) is 89.0 cm³/mol. The van der Waals surface area contributed by atoms with Crippen molar-refractivity contribution in [3.63, 3.8) is 0 Å². The maximum absolute atomic E-state index is 12.5. The summed E-state index contributed by atoms with van der Waals surface area (Å²) in [5, 5.41) is 2.94. The van der Waals surface area contributed by atoms with Crippen molar-refractivity contribution in [3.8, 4) is 0 Å². The van der Waals surface area contributed by atoms with E-state index in [2.05, 4.69) is 10.3 Å². The third-order valence-corrected chi connectivity index (χ3v) is 3.62. The summed E-state index contributed by atoms with van der Waals surface area (Å²) in [6, 6.07) is 0. The number of carbonyl (C=O) groups is 1. The Kier molecular flexibility index (Phi) is 6.11. The largest absolute Gasteiger partial charge is 0.343 e. The number of halogens is 1. The summed E-state index contributed by atoms with van der Waals surface area (Å²) in [5.41, 5.74) is -0.447. The molecular formula is C13H21ClN6O3. The van der Waals surface area contributed by atoms with Gasteiger partial charge in [0.2, 0.25) is 5.91 Å². The van der Waals surface area contributed by atoms with Crippen molar-refractivity contribution in [1.82, 2.24) is 28.9 Å². The van der Waals surface area contributed by atoms with E-state index < -0.39 is 11.2 Å². The molecule has 0 fully saturated rings. The zero-order valence-corrected chi connectivity index (χ0v) is 14.4. The maximum atomic E-state index is 12.5. The fraction of sp³-hybridized carbons (Fsp3) is 0.538. The molecule has 128 valence electrons. The Morgan fingerprint density at radius 3 is 2.61 bits per heavy atom. The van der Waals surface area contributed by atoms with Gasteiger partial charge in [0, 0.05) is 34.2 Å². The number of hydrogen-bond acceptors (Lipinski definition) is 5. The fourth-order valence-electron chi connectivity index (χ4n) is 2.20. The van der Waals surface area contributed by atoms with Crippen molar-refractivity contribution in [1.29, 1.82) is 0 Å². The van der Waals surface area contributed by atoms with Gasteiger partial charge in [-0.1, -0.05) is 0 Å². The molecule has 10 heteroatoms. The van der Waals surface area contributed by atoms with Gasteiger partial charge < -0.3 is 14.8 Å². The standard InChI is InChI=1S/C13H20N6O3.ClH/c1-14-5-6-16(2)9(20)7-19-12(21)10-11(15-8-17(10)3)18(4)13(19)22;/h8,14H,5-7H2,1-4H3;1H. The molecule has 1 N–H and O–H groups in total. The molecule has 9 nitrogen and oxygen atoms in total. The SMILES string of the molecule is CNCCN(C)C(=O)Cn1c(=O)c2c(ncn2C)n(C)c1=O.Cl. The highest BCUT2D eigenvalue weighted by atomic mass is 35.5. The topological polar surface area (TPSA) is 94.2 Å². The molecule has 0 aromatic carbocycles. The third-order valence-electron chi connectivity index (χ3n) is 3.62. The number of rotatable bonds is 5. The van der Waals surface area contributed by atoms with Crippen molar-refractivity contribution in [2.24, 2.45) is 14.1 Å². The molecule has 0 spiro atoms. The molecular weight excluding hydrogens is 324 g/mol. The number of imidazole rings is 1. The first-order valence-electron chi connectivity index (χ1n) is 6.88. The molecule has 1 amide bonds. The first-order valence-corrected chi connectivity index (χ1v) is 6.88. The van der Waals surface area contributed by atoms with E-state index in [4.69, 9.17) is 0 Å². The minimum Gasteiger partial charge on any atom is -0.343 e. The van der Waals surface area contributed by atoms with Gasteiger partial charge in [0.05, 0.1) is 6.33 Å². The zero-order chi connectivity index (χ0) is 16.4. The van der Waals surface area contributed by atoms with Gasteiger partial charge in [-0.2, -0.15) is 0 Å². The number of likely N-dealkylation sites (N-methyl/N-ethyl adjacent to an activating group) is 2. The minimum absolute atomic E-state index is 0. The van der Waals surface area contributed by atoms with E-state index in [0.717, 1.165) is 4.57 Å². The van der Waals surface area contributed by atoms with Gasteiger partial charge in [-0.05, 0) is 7.05 Å². The Balaban J connectivity index is 0.00000264. The second-order valence-electron chi connectivity index (χ2n) is 5.18. The van der Waals surface area contributed by atoms with Crippen LogP contribution in [0.15, 0.2) is 15.9 Å². The summed E-state index contributed by atoms with van der Waals surface area (Å²) >= 11 is 0. The van der Waals surface area contributed by atoms with E-state index in [1.54, 1.807) is 25.7 Å². The summed E-state index contributed by atoms with van der Waals surface area (Å²) in [6.45, 7) is 0.848. The highest BCUT2D eigenvalue weighted by Crippen LogP contribution is 2.02. The number of carbonyl (C=O) groups excluding carboxylic acids is 1. The quantitative estimate of drug-likeness (QED) is 0.715. The minimum atomic E-state index is -0.549. The van der Waals surface area contributed by atoms with E-state index in [-0.39, 0.29) is 24.9 Å². The molecule has 0 bridgehead atoms. The van der Waals surface area contributed by atoms with Crippen molar-refractivity contribution in [3.05, 3.63) is 27.2 Å². The lowest BCUT2D eigenvalue weighted by Gasteiger charge is -2.17. The third kappa shape index (κ3) is 3.45. The van der Waals surface area contributed by atoms with Crippen LogP contribution in [-0.2, 0) is 25.4 Å². The van der Waals surface area contributed by atoms with Crippen LogP contribution in [0.2, 0.25) is 0 Å². The number of fused-ring (bicyclic) bond motifs is 1. The number of aromatic nitrogens is 4. The smallest absolute Gasteiger partial charge is 0.332 e. The molecule has 0 radical (unpaired) electrons. The number of nitrogens with zero attached hydrogens (tertiary/aromatic N) is 5. The van der Waals surface area contributed by atoms with E-state index in [9.17, 15) is 14.4 Å². The van der Waals surface area contributed by atoms with Gasteiger partial charge in [-0.3, -0.25) is 14.2 Å². The van der Waals surface area contributed by atoms with Crippen LogP contribution in [0.25, 0.3) is 11.2 Å². The fourth-order valence-corrected chi connectivity index (χ4v) is 2.20. The van der Waals surface area contributed by atoms with Crippen molar-refractivity contribution < 1.29 is 4.79 Å². The highest BCUT2D eigenvalue weighted by molar-refractivity contribution is 5.85. The summed E-state index contributed by atoms with van der Waals surface area (Å²) < 4.78 is 3.77. The van der Waals surface area contributed by atoms with Gasteiger partial charge in [-0.25, -0.2) is 14.3 Å². The van der Waals surface area contributed by atoms with Gasteiger partial charge in [-0.15, -0.1) is 12.4 Å². The van der Waals surface area contributed by atoms with Crippen LogP contribution in [-0.4, -0.2) is 56.7 Å². The van der Waals surface area contributed by atoms with Crippen LogP contribution in [0.1, 0.15) is 0 Å². The maximum Gasteiger partial charge on any atom is 0.332 e. The van der Waals surface area contributed by atoms with Crippen LogP contribution in [0.3, 0.4) is 0 Å². The van der Waals surface area contributed by atoms with Gasteiger partial charge in [0.1, 0.15) is 6.54 Å². The summed E-state index contributed by atoms with van der Waals surface area (Å²) in [5.74, 6) is -0.295. The molecule has 0 atom stereocenters. The van der Waals surface area contributed by atoms with Crippen LogP contribution in [0, 0.1) is 0 Å². The van der Waals surface area contributed by atoms with Gasteiger partial charge in [0.15, 0.2) is 11.2 Å². The van der Waals surface area contributed by atoms with Crippen LogP contribution >= 0.6 is 12.4 Å². The van der Waals surface area contributed by atoms with Crippen molar-refractivity contribution in [2.75, 3.05) is 27.2 Å². The Bertz CT molecular complexity index is 821. The van der Waals surface area contributed by atoms with E-state index >= 15 is 0 Å². The summed E-state index contributed by atoms with van der Waals surface area (Å²) in [7, 11) is 6.63. The summed E-state index contributed by atoms with van der Waals surface area (Å²) in [6.07, 6.45) is 1.47. The molecule has 2 aromatic heterocycles. The van der Waals surface area contributed by atoms with Gasteiger partial charge >= 0.3 is 5.69 Å². The predicted octanol–water partition coefficient (Wildman–Crippen LogP) is -1.47. The molecule has 0 saturated carbocycles. The number of aryl methyl sites for hydroxylation is 2.